The number of halogens is 1. The Bertz CT molecular complexity index is 904. The van der Waals surface area contributed by atoms with Crippen molar-refractivity contribution in [3.8, 4) is 5.69 Å². The van der Waals surface area contributed by atoms with E-state index in [1.54, 1.807) is 24.3 Å². The lowest BCUT2D eigenvalue weighted by Crippen LogP contribution is -2.17. The molecule has 3 aromatic rings. The number of hydrogen-bond acceptors (Lipinski definition) is 2. The predicted octanol–water partition coefficient (Wildman–Crippen LogP) is 4.72. The number of benzene rings is 2. The summed E-state index contributed by atoms with van der Waals surface area (Å²) in [5.41, 5.74) is 2.43. The van der Waals surface area contributed by atoms with Crippen molar-refractivity contribution < 1.29 is 14.7 Å². The molecule has 0 spiro atoms. The van der Waals surface area contributed by atoms with Gasteiger partial charge in [0.1, 0.15) is 0 Å². The maximum absolute atomic E-state index is 12.4. The monoisotopic (exact) mass is 382 g/mol. The van der Waals surface area contributed by atoms with Gasteiger partial charge in [0, 0.05) is 41.1 Å². The van der Waals surface area contributed by atoms with Gasteiger partial charge in [0.2, 0.25) is 5.91 Å². The maximum Gasteiger partial charge on any atom is 0.303 e. The molecule has 0 bridgehead atoms. The molecule has 0 aliphatic rings. The molecule has 0 saturated carbocycles. The van der Waals surface area contributed by atoms with E-state index in [9.17, 15) is 9.59 Å². The Labute approximate surface area is 162 Å². The number of carboxylic acid groups (broad SMARTS) is 1. The highest BCUT2D eigenvalue weighted by atomic mass is 35.5. The number of carbonyl (C=O) groups excluding carboxylic acids is 1. The summed E-state index contributed by atoms with van der Waals surface area (Å²) in [4.78, 5) is 23.6. The molecule has 0 fully saturated rings. The second-order valence-electron chi connectivity index (χ2n) is 6.24. The molecular weight excluding hydrogens is 364 g/mol. The molecule has 5 nitrogen and oxygen atoms in total. The zero-order valence-electron chi connectivity index (χ0n) is 14.5. The van der Waals surface area contributed by atoms with E-state index >= 15 is 0 Å². The third-order valence-electron chi connectivity index (χ3n) is 4.25. The van der Waals surface area contributed by atoms with Crippen molar-refractivity contribution in [2.45, 2.75) is 18.8 Å². The number of rotatable bonds is 7. The standard InChI is InChI=1S/C21H19ClN2O3/c22-17-5-3-15(4-6-17)16(14-21(26)27)13-20(25)23-18-7-9-19(10-8-18)24-11-1-2-12-24/h1-12,16H,13-14H2,(H,23,25)(H,26,27). The Morgan fingerprint density at radius 3 is 2.19 bits per heavy atom. The predicted molar refractivity (Wildman–Crippen MR) is 105 cm³/mol. The van der Waals surface area contributed by atoms with E-state index in [1.807, 2.05) is 53.4 Å². The SMILES string of the molecule is O=C(O)CC(CC(=O)Nc1ccc(-n2cccc2)cc1)c1ccc(Cl)cc1. The smallest absolute Gasteiger partial charge is 0.303 e. The first-order chi connectivity index (χ1) is 13.0. The van der Waals surface area contributed by atoms with Gasteiger partial charge in [-0.05, 0) is 54.1 Å². The van der Waals surface area contributed by atoms with Gasteiger partial charge < -0.3 is 15.0 Å². The number of aliphatic carboxylic acids is 1. The first-order valence-corrected chi connectivity index (χ1v) is 8.89. The van der Waals surface area contributed by atoms with E-state index in [2.05, 4.69) is 5.32 Å². The van der Waals surface area contributed by atoms with Gasteiger partial charge in [0.15, 0.2) is 0 Å². The summed E-state index contributed by atoms with van der Waals surface area (Å²) in [5, 5.41) is 12.6. The minimum Gasteiger partial charge on any atom is -0.481 e. The Morgan fingerprint density at radius 1 is 0.963 bits per heavy atom. The van der Waals surface area contributed by atoms with Crippen LogP contribution in [0.15, 0.2) is 73.1 Å². The second-order valence-corrected chi connectivity index (χ2v) is 6.67. The lowest BCUT2D eigenvalue weighted by atomic mass is 9.92. The molecule has 0 aliphatic heterocycles. The van der Waals surface area contributed by atoms with Gasteiger partial charge in [0.05, 0.1) is 6.42 Å². The van der Waals surface area contributed by atoms with Crippen molar-refractivity contribution in [2.75, 3.05) is 5.32 Å². The number of amides is 1. The largest absolute Gasteiger partial charge is 0.481 e. The van der Waals surface area contributed by atoms with Gasteiger partial charge in [-0.3, -0.25) is 9.59 Å². The lowest BCUT2D eigenvalue weighted by Gasteiger charge is -2.15. The van der Waals surface area contributed by atoms with Crippen LogP contribution in [-0.4, -0.2) is 21.6 Å². The van der Waals surface area contributed by atoms with E-state index in [-0.39, 0.29) is 18.7 Å². The van der Waals surface area contributed by atoms with Crippen LogP contribution in [0.1, 0.15) is 24.3 Å². The molecule has 6 heteroatoms. The summed E-state index contributed by atoms with van der Waals surface area (Å²) in [6, 6.07) is 18.2. The molecule has 2 aromatic carbocycles. The normalized spacial score (nSPS) is 11.7. The number of hydrogen-bond donors (Lipinski definition) is 2. The summed E-state index contributed by atoms with van der Waals surface area (Å²) >= 11 is 5.89. The van der Waals surface area contributed by atoms with Crippen molar-refractivity contribution in [1.29, 1.82) is 0 Å². The van der Waals surface area contributed by atoms with Crippen LogP contribution >= 0.6 is 11.6 Å². The van der Waals surface area contributed by atoms with Crippen LogP contribution in [-0.2, 0) is 9.59 Å². The Hall–Kier alpha value is -3.05. The first kappa shape index (κ1) is 18.7. The van der Waals surface area contributed by atoms with E-state index in [0.717, 1.165) is 11.3 Å². The Balaban J connectivity index is 1.66. The van der Waals surface area contributed by atoms with Crippen molar-refractivity contribution >= 4 is 29.2 Å². The van der Waals surface area contributed by atoms with Gasteiger partial charge in [-0.2, -0.15) is 0 Å². The van der Waals surface area contributed by atoms with Crippen molar-refractivity contribution in [3.63, 3.8) is 0 Å². The third kappa shape index (κ3) is 5.21. The molecule has 27 heavy (non-hydrogen) atoms. The second kappa shape index (κ2) is 8.56. The number of aromatic nitrogens is 1. The molecule has 0 saturated heterocycles. The highest BCUT2D eigenvalue weighted by Gasteiger charge is 2.19. The average molecular weight is 383 g/mol. The van der Waals surface area contributed by atoms with Crippen LogP contribution in [0, 0.1) is 0 Å². The zero-order valence-corrected chi connectivity index (χ0v) is 15.3. The molecule has 3 rings (SSSR count). The highest BCUT2D eigenvalue weighted by molar-refractivity contribution is 6.30. The third-order valence-corrected chi connectivity index (χ3v) is 4.50. The molecule has 1 atom stereocenters. The van der Waals surface area contributed by atoms with Crippen molar-refractivity contribution in [3.05, 3.63) is 83.6 Å². The van der Waals surface area contributed by atoms with E-state index in [1.165, 1.54) is 0 Å². The molecular formula is C21H19ClN2O3. The van der Waals surface area contributed by atoms with Crippen LogP contribution in [0.2, 0.25) is 5.02 Å². The average Bonchev–Trinajstić information content (AvgIpc) is 3.17. The Kier molecular flexibility index (Phi) is 5.94. The van der Waals surface area contributed by atoms with Gasteiger partial charge in [0.25, 0.3) is 0 Å². The number of nitrogens with one attached hydrogen (secondary N) is 1. The molecule has 1 heterocycles. The molecule has 1 aromatic heterocycles. The van der Waals surface area contributed by atoms with E-state index in [0.29, 0.717) is 10.7 Å². The topological polar surface area (TPSA) is 71.3 Å². The Morgan fingerprint density at radius 2 is 1.59 bits per heavy atom. The summed E-state index contributed by atoms with van der Waals surface area (Å²) < 4.78 is 1.97. The fourth-order valence-electron chi connectivity index (χ4n) is 2.91. The first-order valence-electron chi connectivity index (χ1n) is 8.52. The quantitative estimate of drug-likeness (QED) is 0.621. The summed E-state index contributed by atoms with van der Waals surface area (Å²) in [6.45, 7) is 0. The van der Waals surface area contributed by atoms with Gasteiger partial charge >= 0.3 is 5.97 Å². The van der Waals surface area contributed by atoms with Crippen molar-refractivity contribution in [1.82, 2.24) is 4.57 Å². The zero-order chi connectivity index (χ0) is 19.2. The number of carbonyl (C=O) groups is 2. The molecule has 2 N–H and O–H groups in total. The maximum atomic E-state index is 12.4. The van der Waals surface area contributed by atoms with Crippen LogP contribution in [0.5, 0.6) is 0 Å². The van der Waals surface area contributed by atoms with E-state index in [4.69, 9.17) is 16.7 Å². The lowest BCUT2D eigenvalue weighted by molar-refractivity contribution is -0.137. The van der Waals surface area contributed by atoms with Crippen molar-refractivity contribution in [2.24, 2.45) is 0 Å². The summed E-state index contributed by atoms with van der Waals surface area (Å²) in [6.07, 6.45) is 3.83. The van der Waals surface area contributed by atoms with Gasteiger partial charge in [-0.15, -0.1) is 0 Å². The molecule has 1 unspecified atom stereocenters. The number of carboxylic acids is 1. The van der Waals surface area contributed by atoms with Crippen LogP contribution in [0.25, 0.3) is 5.69 Å². The molecule has 1 amide bonds. The number of nitrogens with zero attached hydrogens (tertiary/aromatic N) is 1. The van der Waals surface area contributed by atoms with Gasteiger partial charge in [-0.1, -0.05) is 23.7 Å². The molecule has 0 radical (unpaired) electrons. The fourth-order valence-corrected chi connectivity index (χ4v) is 3.04. The summed E-state index contributed by atoms with van der Waals surface area (Å²) in [5.74, 6) is -1.59. The highest BCUT2D eigenvalue weighted by Crippen LogP contribution is 2.26. The van der Waals surface area contributed by atoms with Gasteiger partial charge in [-0.25, -0.2) is 0 Å². The minimum atomic E-state index is -0.946. The fraction of sp³-hybridized carbons (Fsp3) is 0.143. The van der Waals surface area contributed by atoms with Crippen LogP contribution in [0.4, 0.5) is 5.69 Å². The minimum absolute atomic E-state index is 0.0767. The van der Waals surface area contributed by atoms with E-state index < -0.39 is 11.9 Å². The molecule has 138 valence electrons. The summed E-state index contributed by atoms with van der Waals surface area (Å²) in [7, 11) is 0. The molecule has 0 aliphatic carbocycles. The number of anilines is 1. The van der Waals surface area contributed by atoms with Crippen LogP contribution < -0.4 is 5.32 Å². The van der Waals surface area contributed by atoms with Crippen LogP contribution in [0.3, 0.4) is 0 Å².